The van der Waals surface area contributed by atoms with E-state index in [4.69, 9.17) is 15.3 Å². The number of ether oxygens (including phenoxy) is 2. The number of aryl methyl sites for hydroxylation is 1. The average molecular weight is 391 g/mol. The second kappa shape index (κ2) is 7.50. The SMILES string of the molecule is COc1cc(CNN)c(-c2sc3c(c2C(=O)O)CC(C)(C)CC3)cc1OC. The molecule has 146 valence electrons. The highest BCUT2D eigenvalue weighted by atomic mass is 32.1. The third kappa shape index (κ3) is 3.67. The number of aromatic carboxylic acids is 1. The number of nitrogens with two attached hydrogens (primary N) is 1. The van der Waals surface area contributed by atoms with Crippen molar-refractivity contribution in [2.24, 2.45) is 11.3 Å². The summed E-state index contributed by atoms with van der Waals surface area (Å²) in [7, 11) is 3.15. The molecule has 0 unspecified atom stereocenters. The van der Waals surface area contributed by atoms with Crippen LogP contribution in [-0.4, -0.2) is 25.3 Å². The molecule has 27 heavy (non-hydrogen) atoms. The van der Waals surface area contributed by atoms with Gasteiger partial charge >= 0.3 is 5.97 Å². The lowest BCUT2D eigenvalue weighted by molar-refractivity contribution is 0.0696. The van der Waals surface area contributed by atoms with E-state index in [1.165, 1.54) is 4.88 Å². The monoisotopic (exact) mass is 390 g/mol. The summed E-state index contributed by atoms with van der Waals surface area (Å²) in [6, 6.07) is 3.70. The zero-order chi connectivity index (χ0) is 19.8. The molecule has 3 rings (SSSR count). The number of hydrazine groups is 1. The Kier molecular flexibility index (Phi) is 5.46. The van der Waals surface area contributed by atoms with Crippen molar-refractivity contribution in [3.63, 3.8) is 0 Å². The molecule has 4 N–H and O–H groups in total. The summed E-state index contributed by atoms with van der Waals surface area (Å²) in [6.45, 7) is 4.78. The van der Waals surface area contributed by atoms with Crippen molar-refractivity contribution in [1.82, 2.24) is 5.43 Å². The Bertz CT molecular complexity index is 873. The van der Waals surface area contributed by atoms with Crippen molar-refractivity contribution in [3.05, 3.63) is 33.7 Å². The first kappa shape index (κ1) is 19.7. The molecule has 0 bridgehead atoms. The fraction of sp³-hybridized carbons (Fsp3) is 0.450. The topological polar surface area (TPSA) is 93.8 Å². The Morgan fingerprint density at radius 3 is 2.56 bits per heavy atom. The molecule has 0 fully saturated rings. The third-order valence-electron chi connectivity index (χ3n) is 5.14. The van der Waals surface area contributed by atoms with Gasteiger partial charge in [0.15, 0.2) is 11.5 Å². The van der Waals surface area contributed by atoms with E-state index in [1.54, 1.807) is 25.6 Å². The standard InChI is InChI=1S/C20H26N2O4S/c1-20(2)6-5-16-13(9-20)17(19(23)24)18(27-16)12-8-15(26-4)14(25-3)7-11(12)10-22-21/h7-8,22H,5-6,9-10,21H2,1-4H3,(H,23,24). The van der Waals surface area contributed by atoms with E-state index in [0.29, 0.717) is 23.6 Å². The molecule has 0 spiro atoms. The van der Waals surface area contributed by atoms with Crippen LogP contribution in [0.15, 0.2) is 12.1 Å². The molecule has 0 aliphatic heterocycles. The first-order valence-electron chi connectivity index (χ1n) is 8.88. The lowest BCUT2D eigenvalue weighted by atomic mass is 9.76. The maximum absolute atomic E-state index is 12.2. The second-order valence-corrected chi connectivity index (χ2v) is 8.70. The maximum Gasteiger partial charge on any atom is 0.337 e. The first-order chi connectivity index (χ1) is 12.8. The normalized spacial score (nSPS) is 15.3. The fourth-order valence-corrected chi connectivity index (χ4v) is 5.09. The highest BCUT2D eigenvalue weighted by Crippen LogP contribution is 2.47. The molecule has 1 aromatic carbocycles. The summed E-state index contributed by atoms with van der Waals surface area (Å²) >= 11 is 1.57. The van der Waals surface area contributed by atoms with Crippen molar-refractivity contribution in [2.45, 2.75) is 39.7 Å². The number of carboxylic acids is 1. The fourth-order valence-electron chi connectivity index (χ4n) is 3.72. The molecule has 0 saturated heterocycles. The van der Waals surface area contributed by atoms with Crippen LogP contribution in [0.4, 0.5) is 0 Å². The number of methoxy groups -OCH3 is 2. The Morgan fingerprint density at radius 1 is 1.30 bits per heavy atom. The molecule has 1 aliphatic carbocycles. The van der Waals surface area contributed by atoms with Gasteiger partial charge in [-0.05, 0) is 47.9 Å². The van der Waals surface area contributed by atoms with Crippen LogP contribution in [0, 0.1) is 5.41 Å². The Labute approximate surface area is 163 Å². The highest BCUT2D eigenvalue weighted by molar-refractivity contribution is 7.16. The van der Waals surface area contributed by atoms with Crippen LogP contribution in [-0.2, 0) is 19.4 Å². The predicted molar refractivity (Wildman–Crippen MR) is 107 cm³/mol. The van der Waals surface area contributed by atoms with E-state index in [-0.39, 0.29) is 5.41 Å². The van der Waals surface area contributed by atoms with Gasteiger partial charge in [0, 0.05) is 21.9 Å². The molecular weight excluding hydrogens is 364 g/mol. The molecule has 7 heteroatoms. The van der Waals surface area contributed by atoms with Crippen LogP contribution >= 0.6 is 11.3 Å². The number of hydrogen-bond donors (Lipinski definition) is 3. The van der Waals surface area contributed by atoms with E-state index in [0.717, 1.165) is 40.8 Å². The van der Waals surface area contributed by atoms with E-state index in [1.807, 2.05) is 12.1 Å². The molecule has 0 saturated carbocycles. The summed E-state index contributed by atoms with van der Waals surface area (Å²) < 4.78 is 10.8. The van der Waals surface area contributed by atoms with E-state index < -0.39 is 5.97 Å². The molecule has 0 atom stereocenters. The van der Waals surface area contributed by atoms with Crippen LogP contribution in [0.5, 0.6) is 11.5 Å². The zero-order valence-electron chi connectivity index (χ0n) is 16.1. The minimum atomic E-state index is -0.887. The number of carboxylic acid groups (broad SMARTS) is 1. The number of nitrogens with one attached hydrogen (secondary N) is 1. The Hall–Kier alpha value is -2.09. The van der Waals surface area contributed by atoms with Gasteiger partial charge in [-0.2, -0.15) is 0 Å². The predicted octanol–water partition coefficient (Wildman–Crippen LogP) is 3.61. The van der Waals surface area contributed by atoms with Gasteiger partial charge in [-0.1, -0.05) is 13.8 Å². The summed E-state index contributed by atoms with van der Waals surface area (Å²) in [6.07, 6.45) is 2.74. The van der Waals surface area contributed by atoms with Gasteiger partial charge in [-0.15, -0.1) is 11.3 Å². The number of hydrogen-bond acceptors (Lipinski definition) is 6. The molecule has 1 heterocycles. The molecular formula is C20H26N2O4S. The molecule has 1 aromatic heterocycles. The van der Waals surface area contributed by atoms with Crippen LogP contribution in [0.1, 0.15) is 46.6 Å². The van der Waals surface area contributed by atoms with Crippen molar-refractivity contribution >= 4 is 17.3 Å². The van der Waals surface area contributed by atoms with Crippen molar-refractivity contribution in [2.75, 3.05) is 14.2 Å². The summed E-state index contributed by atoms with van der Waals surface area (Å²) in [5.74, 6) is 5.83. The second-order valence-electron chi connectivity index (χ2n) is 7.60. The van der Waals surface area contributed by atoms with Crippen LogP contribution < -0.4 is 20.7 Å². The molecule has 1 aliphatic rings. The van der Waals surface area contributed by atoms with Gasteiger partial charge < -0.3 is 14.6 Å². The average Bonchev–Trinajstić information content (AvgIpc) is 2.98. The molecule has 2 aromatic rings. The summed E-state index contributed by atoms with van der Waals surface area (Å²) in [5.41, 5.74) is 5.85. The highest BCUT2D eigenvalue weighted by Gasteiger charge is 2.33. The van der Waals surface area contributed by atoms with Crippen molar-refractivity contribution in [1.29, 1.82) is 0 Å². The number of benzene rings is 1. The van der Waals surface area contributed by atoms with Crippen molar-refractivity contribution < 1.29 is 19.4 Å². The van der Waals surface area contributed by atoms with Crippen LogP contribution in [0.2, 0.25) is 0 Å². The van der Waals surface area contributed by atoms with Gasteiger partial charge in [-0.3, -0.25) is 11.3 Å². The van der Waals surface area contributed by atoms with Gasteiger partial charge in [0.2, 0.25) is 0 Å². The number of carbonyl (C=O) groups is 1. The van der Waals surface area contributed by atoms with E-state index in [9.17, 15) is 9.90 Å². The zero-order valence-corrected chi connectivity index (χ0v) is 17.0. The Balaban J connectivity index is 2.25. The largest absolute Gasteiger partial charge is 0.493 e. The number of thiophene rings is 1. The van der Waals surface area contributed by atoms with Crippen LogP contribution in [0.3, 0.4) is 0 Å². The third-order valence-corrected chi connectivity index (χ3v) is 6.46. The van der Waals surface area contributed by atoms with Crippen molar-refractivity contribution in [3.8, 4) is 21.9 Å². The smallest absolute Gasteiger partial charge is 0.337 e. The Morgan fingerprint density at radius 2 is 1.96 bits per heavy atom. The molecule has 0 radical (unpaired) electrons. The van der Waals surface area contributed by atoms with E-state index in [2.05, 4.69) is 19.3 Å². The van der Waals surface area contributed by atoms with Crippen LogP contribution in [0.25, 0.3) is 10.4 Å². The van der Waals surface area contributed by atoms with E-state index >= 15 is 0 Å². The minimum Gasteiger partial charge on any atom is -0.493 e. The molecule has 0 amide bonds. The van der Waals surface area contributed by atoms with Gasteiger partial charge in [-0.25, -0.2) is 4.79 Å². The van der Waals surface area contributed by atoms with Gasteiger partial charge in [0.05, 0.1) is 19.8 Å². The lowest BCUT2D eigenvalue weighted by Gasteiger charge is -2.29. The minimum absolute atomic E-state index is 0.106. The summed E-state index contributed by atoms with van der Waals surface area (Å²) in [4.78, 5) is 14.1. The number of fused-ring (bicyclic) bond motifs is 1. The van der Waals surface area contributed by atoms with Gasteiger partial charge in [0.25, 0.3) is 0 Å². The lowest BCUT2D eigenvalue weighted by Crippen LogP contribution is -2.22. The van der Waals surface area contributed by atoms with Gasteiger partial charge in [0.1, 0.15) is 0 Å². The quantitative estimate of drug-likeness (QED) is 0.515. The summed E-state index contributed by atoms with van der Waals surface area (Å²) in [5, 5.41) is 10.0. The maximum atomic E-state index is 12.2. The number of rotatable bonds is 6. The molecule has 6 nitrogen and oxygen atoms in total. The first-order valence-corrected chi connectivity index (χ1v) is 9.69.